The van der Waals surface area contributed by atoms with Crippen molar-refractivity contribution in [2.45, 2.75) is 38.6 Å². The van der Waals surface area contributed by atoms with E-state index in [0.717, 1.165) is 37.9 Å². The third kappa shape index (κ3) is 4.79. The fraction of sp³-hybridized carbons (Fsp3) is 0.556. The molecule has 2 amide bonds. The summed E-state index contributed by atoms with van der Waals surface area (Å²) in [5.41, 5.74) is 1.71. The highest BCUT2D eigenvalue weighted by molar-refractivity contribution is 5.94. The lowest BCUT2D eigenvalue weighted by atomic mass is 10.0. The summed E-state index contributed by atoms with van der Waals surface area (Å²) >= 11 is 0. The molecule has 1 aliphatic heterocycles. The van der Waals surface area contributed by atoms with Crippen molar-refractivity contribution in [1.29, 1.82) is 0 Å². The summed E-state index contributed by atoms with van der Waals surface area (Å²) in [7, 11) is 1.62. The van der Waals surface area contributed by atoms with E-state index in [1.54, 1.807) is 13.1 Å². The van der Waals surface area contributed by atoms with Crippen molar-refractivity contribution >= 4 is 11.8 Å². The van der Waals surface area contributed by atoms with Crippen LogP contribution in [0.15, 0.2) is 24.3 Å². The molecule has 1 heterocycles. The third-order valence-electron chi connectivity index (χ3n) is 4.45. The van der Waals surface area contributed by atoms with Crippen molar-refractivity contribution in [2.24, 2.45) is 0 Å². The molecule has 0 radical (unpaired) electrons. The van der Waals surface area contributed by atoms with E-state index in [1.807, 2.05) is 18.2 Å². The summed E-state index contributed by atoms with van der Waals surface area (Å²) in [4.78, 5) is 26.3. The lowest BCUT2D eigenvalue weighted by molar-refractivity contribution is -0.127. The number of hydrogen-bond acceptors (Lipinski definition) is 3. The fourth-order valence-corrected chi connectivity index (χ4v) is 3.13. The van der Waals surface area contributed by atoms with Crippen molar-refractivity contribution in [1.82, 2.24) is 15.5 Å². The zero-order chi connectivity index (χ0) is 16.7. The van der Waals surface area contributed by atoms with Gasteiger partial charge < -0.3 is 10.6 Å². The molecule has 2 rings (SSSR count). The monoisotopic (exact) mass is 317 g/mol. The van der Waals surface area contributed by atoms with Crippen LogP contribution in [0, 0.1) is 0 Å². The Morgan fingerprint density at radius 3 is 2.87 bits per heavy atom. The smallest absolute Gasteiger partial charge is 0.251 e. The van der Waals surface area contributed by atoms with Crippen LogP contribution in [-0.4, -0.2) is 49.4 Å². The molecule has 0 bridgehead atoms. The van der Waals surface area contributed by atoms with Crippen LogP contribution in [0.3, 0.4) is 0 Å². The third-order valence-corrected chi connectivity index (χ3v) is 4.45. The molecule has 23 heavy (non-hydrogen) atoms. The predicted molar refractivity (Wildman–Crippen MR) is 91.4 cm³/mol. The molecule has 126 valence electrons. The number of carbonyl (C=O) groups excluding carboxylic acids is 2. The Hall–Kier alpha value is -1.88. The van der Waals surface area contributed by atoms with Gasteiger partial charge in [0.05, 0.1) is 6.04 Å². The molecule has 0 saturated carbocycles. The van der Waals surface area contributed by atoms with Gasteiger partial charge >= 0.3 is 0 Å². The lowest BCUT2D eigenvalue weighted by Gasteiger charge is -2.33. The van der Waals surface area contributed by atoms with Gasteiger partial charge in [0.1, 0.15) is 0 Å². The van der Waals surface area contributed by atoms with Crippen molar-refractivity contribution in [3.63, 3.8) is 0 Å². The summed E-state index contributed by atoms with van der Waals surface area (Å²) in [5.74, 6) is 0.0469. The average molecular weight is 317 g/mol. The van der Waals surface area contributed by atoms with Crippen LogP contribution in [0.25, 0.3) is 0 Å². The Morgan fingerprint density at radius 2 is 2.13 bits per heavy atom. The highest BCUT2D eigenvalue weighted by Gasteiger charge is 2.26. The predicted octanol–water partition coefficient (Wildman–Crippen LogP) is 1.58. The van der Waals surface area contributed by atoms with Gasteiger partial charge in [-0.2, -0.15) is 0 Å². The minimum absolute atomic E-state index is 0.0194. The van der Waals surface area contributed by atoms with Gasteiger partial charge in [0.25, 0.3) is 5.91 Å². The molecular formula is C18H27N3O2. The van der Waals surface area contributed by atoms with E-state index in [0.29, 0.717) is 12.1 Å². The normalized spacial score (nSPS) is 18.4. The maximum atomic E-state index is 12.4. The van der Waals surface area contributed by atoms with Crippen LogP contribution >= 0.6 is 0 Å². The van der Waals surface area contributed by atoms with E-state index < -0.39 is 0 Å². The molecule has 5 nitrogen and oxygen atoms in total. The lowest BCUT2D eigenvalue weighted by Crippen LogP contribution is -2.49. The molecule has 5 heteroatoms. The van der Waals surface area contributed by atoms with Gasteiger partial charge in [-0.15, -0.1) is 0 Å². The second kappa shape index (κ2) is 8.67. The van der Waals surface area contributed by atoms with Crippen LogP contribution in [-0.2, 0) is 11.2 Å². The fourth-order valence-electron chi connectivity index (χ4n) is 3.13. The Bertz CT molecular complexity index is 545. The molecule has 2 N–H and O–H groups in total. The number of likely N-dealkylation sites (tertiary alicyclic amines) is 1. The SMILES string of the molecule is CCN1CCCC[C@@H]1C(=O)NCCc1cccc(C(=O)NC)c1. The van der Waals surface area contributed by atoms with Gasteiger partial charge in [-0.3, -0.25) is 14.5 Å². The molecule has 0 aliphatic carbocycles. The van der Waals surface area contributed by atoms with Crippen LogP contribution in [0.5, 0.6) is 0 Å². The minimum atomic E-state index is -0.0864. The Morgan fingerprint density at radius 1 is 1.30 bits per heavy atom. The van der Waals surface area contributed by atoms with Crippen molar-refractivity contribution in [3.05, 3.63) is 35.4 Å². The highest BCUT2D eigenvalue weighted by atomic mass is 16.2. The second-order valence-corrected chi connectivity index (χ2v) is 5.96. The van der Waals surface area contributed by atoms with Crippen molar-refractivity contribution in [3.8, 4) is 0 Å². The van der Waals surface area contributed by atoms with E-state index in [1.165, 1.54) is 6.42 Å². The number of piperidine rings is 1. The van der Waals surface area contributed by atoms with E-state index >= 15 is 0 Å². The minimum Gasteiger partial charge on any atom is -0.355 e. The second-order valence-electron chi connectivity index (χ2n) is 5.96. The summed E-state index contributed by atoms with van der Waals surface area (Å²) in [6.45, 7) is 4.65. The van der Waals surface area contributed by atoms with Gasteiger partial charge in [-0.05, 0) is 50.0 Å². The van der Waals surface area contributed by atoms with Crippen LogP contribution in [0.1, 0.15) is 42.1 Å². The average Bonchev–Trinajstić information content (AvgIpc) is 2.61. The van der Waals surface area contributed by atoms with Crippen LogP contribution in [0.4, 0.5) is 0 Å². The number of nitrogens with one attached hydrogen (secondary N) is 2. The largest absolute Gasteiger partial charge is 0.355 e. The number of hydrogen-bond donors (Lipinski definition) is 2. The topological polar surface area (TPSA) is 61.4 Å². The van der Waals surface area contributed by atoms with Crippen molar-refractivity contribution in [2.75, 3.05) is 26.7 Å². The maximum absolute atomic E-state index is 12.4. The Labute approximate surface area is 138 Å². The van der Waals surface area contributed by atoms with E-state index in [4.69, 9.17) is 0 Å². The van der Waals surface area contributed by atoms with Gasteiger partial charge in [0, 0.05) is 19.2 Å². The first-order valence-corrected chi connectivity index (χ1v) is 8.48. The Balaban J connectivity index is 1.84. The number of carbonyl (C=O) groups is 2. The van der Waals surface area contributed by atoms with Crippen LogP contribution < -0.4 is 10.6 Å². The summed E-state index contributed by atoms with van der Waals surface area (Å²) in [6, 6.07) is 7.55. The summed E-state index contributed by atoms with van der Waals surface area (Å²) < 4.78 is 0. The van der Waals surface area contributed by atoms with E-state index in [-0.39, 0.29) is 17.9 Å². The van der Waals surface area contributed by atoms with Crippen LogP contribution in [0.2, 0.25) is 0 Å². The molecule has 0 spiro atoms. The molecule has 1 aromatic carbocycles. The van der Waals surface area contributed by atoms with Gasteiger partial charge in [-0.25, -0.2) is 0 Å². The quantitative estimate of drug-likeness (QED) is 0.837. The van der Waals surface area contributed by atoms with E-state index in [9.17, 15) is 9.59 Å². The first-order valence-electron chi connectivity index (χ1n) is 8.48. The van der Waals surface area contributed by atoms with E-state index in [2.05, 4.69) is 22.5 Å². The first kappa shape index (κ1) is 17.5. The molecule has 1 saturated heterocycles. The Kier molecular flexibility index (Phi) is 6.59. The molecule has 1 aliphatic rings. The number of rotatable bonds is 6. The van der Waals surface area contributed by atoms with Gasteiger partial charge in [0.2, 0.25) is 5.91 Å². The van der Waals surface area contributed by atoms with Gasteiger partial charge in [0.15, 0.2) is 0 Å². The zero-order valence-corrected chi connectivity index (χ0v) is 14.1. The molecule has 0 aromatic heterocycles. The number of nitrogens with zero attached hydrogens (tertiary/aromatic N) is 1. The summed E-state index contributed by atoms with van der Waals surface area (Å²) in [6.07, 6.45) is 3.99. The molecule has 1 fully saturated rings. The number of benzene rings is 1. The molecular weight excluding hydrogens is 290 g/mol. The van der Waals surface area contributed by atoms with Gasteiger partial charge in [-0.1, -0.05) is 25.5 Å². The molecule has 1 aromatic rings. The molecule has 0 unspecified atom stereocenters. The molecule has 1 atom stereocenters. The van der Waals surface area contributed by atoms with Crippen molar-refractivity contribution < 1.29 is 9.59 Å². The first-order chi connectivity index (χ1) is 11.2. The summed E-state index contributed by atoms with van der Waals surface area (Å²) in [5, 5.41) is 5.67. The zero-order valence-electron chi connectivity index (χ0n) is 14.1. The standard InChI is InChI=1S/C18H27N3O2/c1-3-21-12-5-4-9-16(21)18(23)20-11-10-14-7-6-8-15(13-14)17(22)19-2/h6-8,13,16H,3-5,9-12H2,1-2H3,(H,19,22)(H,20,23)/t16-/m1/s1. The highest BCUT2D eigenvalue weighted by Crippen LogP contribution is 2.16. The maximum Gasteiger partial charge on any atom is 0.251 e. The number of likely N-dealkylation sites (N-methyl/N-ethyl adjacent to an activating group) is 1. The number of amides is 2.